The number of hydrogen-bond acceptors (Lipinski definition) is 12. The molecule has 4 atom stereocenters. The smallest absolute Gasteiger partial charge is 0.302 e. The first kappa shape index (κ1) is 51.5. The van der Waals surface area contributed by atoms with Crippen LogP contribution in [0.5, 0.6) is 0 Å². The average molecular weight is 992 g/mol. The number of likely N-dealkylation sites (tertiary alicyclic amines) is 1. The molecule has 370 valence electrons. The average Bonchev–Trinajstić information content (AvgIpc) is 4.15. The van der Waals surface area contributed by atoms with Crippen molar-refractivity contribution in [3.63, 3.8) is 0 Å². The Morgan fingerprint density at radius 3 is 2.36 bits per heavy atom. The summed E-state index contributed by atoms with van der Waals surface area (Å²) < 4.78 is 18.8. The topological polar surface area (TPSA) is 174 Å². The second-order valence-electron chi connectivity index (χ2n) is 19.0. The Morgan fingerprint density at radius 1 is 0.957 bits per heavy atom. The van der Waals surface area contributed by atoms with E-state index >= 15 is 0 Å². The molecule has 7 rings (SSSR count). The van der Waals surface area contributed by atoms with Crippen LogP contribution in [0.25, 0.3) is 27.3 Å². The van der Waals surface area contributed by atoms with Gasteiger partial charge in [-0.15, -0.1) is 11.3 Å². The number of aromatic nitrogens is 4. The van der Waals surface area contributed by atoms with E-state index in [0.717, 1.165) is 79.7 Å². The number of benzene rings is 3. The summed E-state index contributed by atoms with van der Waals surface area (Å²) in [7, 11) is 0. The molecule has 0 radical (unpaired) electrons. The highest BCUT2D eigenvalue weighted by molar-refractivity contribution is 7.13. The van der Waals surface area contributed by atoms with Gasteiger partial charge in [0.15, 0.2) is 0 Å². The van der Waals surface area contributed by atoms with Crippen LogP contribution in [-0.4, -0.2) is 92.8 Å². The zero-order valence-corrected chi connectivity index (χ0v) is 42.9. The molecule has 17 heteroatoms. The molecule has 1 aliphatic heterocycles. The fourth-order valence-corrected chi connectivity index (χ4v) is 10.0. The Hall–Kier alpha value is -6.36. The number of esters is 1. The van der Waals surface area contributed by atoms with Gasteiger partial charge in [0, 0.05) is 55.8 Å². The second-order valence-corrected chi connectivity index (χ2v) is 20.3. The van der Waals surface area contributed by atoms with E-state index < -0.39 is 41.4 Å². The monoisotopic (exact) mass is 990 g/mol. The molecule has 0 saturated carbocycles. The number of amides is 3. The minimum Gasteiger partial charge on any atom is -0.461 e. The van der Waals surface area contributed by atoms with E-state index in [4.69, 9.17) is 25.6 Å². The third kappa shape index (κ3) is 12.3. The molecule has 0 unspecified atom stereocenters. The van der Waals surface area contributed by atoms with Gasteiger partial charge in [0.1, 0.15) is 30.6 Å². The van der Waals surface area contributed by atoms with Crippen LogP contribution in [0.1, 0.15) is 94.6 Å². The molecule has 1 fully saturated rings. The van der Waals surface area contributed by atoms with Gasteiger partial charge >= 0.3 is 5.97 Å². The molecule has 70 heavy (non-hydrogen) atoms. The maximum Gasteiger partial charge on any atom is 0.302 e. The molecule has 1 aliphatic rings. The van der Waals surface area contributed by atoms with Crippen molar-refractivity contribution in [3.05, 3.63) is 118 Å². The molecule has 1 saturated heterocycles. The lowest BCUT2D eigenvalue weighted by Gasteiger charge is -2.35. The summed E-state index contributed by atoms with van der Waals surface area (Å²) in [6, 6.07) is 18.0. The van der Waals surface area contributed by atoms with E-state index in [1.165, 1.54) is 11.8 Å². The molecular formula is C53H63ClN8O7S. The summed E-state index contributed by atoms with van der Waals surface area (Å²) >= 11 is 8.46. The van der Waals surface area contributed by atoms with E-state index in [2.05, 4.69) is 61.8 Å². The van der Waals surface area contributed by atoms with Gasteiger partial charge in [-0.05, 0) is 106 Å². The summed E-state index contributed by atoms with van der Waals surface area (Å²) in [4.78, 5) is 67.3. The van der Waals surface area contributed by atoms with Crippen molar-refractivity contribution in [2.75, 3.05) is 31.2 Å². The van der Waals surface area contributed by atoms with Crippen LogP contribution in [0.4, 0.5) is 11.4 Å². The number of ether oxygens (including phenoxy) is 2. The Labute approximate surface area is 418 Å². The number of anilines is 2. The SMILES string of the molecule is CC(=O)O[C@@H]1C[C@@H](C(=O)N[C@@H](C)c2ccc(-c3scnc3C)cc2)N(C(=O)[C@@H](NC(=O)COCCCCCN(c2ccc(-n3ccnc3)c(Cl)c2)c2cc(-c3c(C)noc3C)ccc2C)C(C)(C)C)C1. The minimum absolute atomic E-state index is 0.0141. The first-order valence-electron chi connectivity index (χ1n) is 23.6. The Kier molecular flexibility index (Phi) is 16.6. The van der Waals surface area contributed by atoms with Crippen molar-refractivity contribution in [3.8, 4) is 27.3 Å². The molecule has 3 aromatic carbocycles. The molecule has 6 aromatic rings. The zero-order valence-electron chi connectivity index (χ0n) is 41.4. The predicted molar refractivity (Wildman–Crippen MR) is 272 cm³/mol. The van der Waals surface area contributed by atoms with Gasteiger partial charge in [0.25, 0.3) is 0 Å². The van der Waals surface area contributed by atoms with Gasteiger partial charge in [-0.2, -0.15) is 0 Å². The molecule has 3 aromatic heterocycles. The van der Waals surface area contributed by atoms with Crippen molar-refractivity contribution in [2.45, 2.75) is 112 Å². The van der Waals surface area contributed by atoms with Gasteiger partial charge in [0.2, 0.25) is 17.7 Å². The molecule has 15 nitrogen and oxygen atoms in total. The summed E-state index contributed by atoms with van der Waals surface area (Å²) in [6.45, 7) is 17.4. The quantitative estimate of drug-likeness (QED) is 0.0584. The summed E-state index contributed by atoms with van der Waals surface area (Å²) in [5.41, 5.74) is 10.6. The summed E-state index contributed by atoms with van der Waals surface area (Å²) in [6.07, 6.45) is 7.03. The number of unbranched alkanes of at least 4 members (excludes halogenated alkanes) is 2. The number of nitrogens with zero attached hydrogens (tertiary/aromatic N) is 6. The van der Waals surface area contributed by atoms with Crippen molar-refractivity contribution >= 4 is 58.0 Å². The number of imidazole rings is 1. The molecule has 0 aliphatic carbocycles. The highest BCUT2D eigenvalue weighted by Gasteiger charge is 2.46. The molecular weight excluding hydrogens is 928 g/mol. The highest BCUT2D eigenvalue weighted by Crippen LogP contribution is 2.38. The Bertz CT molecular complexity index is 2760. The van der Waals surface area contributed by atoms with Gasteiger partial charge in [0.05, 0.1) is 51.4 Å². The normalized spacial score (nSPS) is 15.7. The maximum atomic E-state index is 14.5. The first-order valence-corrected chi connectivity index (χ1v) is 24.9. The molecule has 3 amide bonds. The number of thiazole rings is 1. The number of rotatable bonds is 19. The van der Waals surface area contributed by atoms with Crippen LogP contribution in [0.3, 0.4) is 0 Å². The van der Waals surface area contributed by atoms with E-state index in [-0.39, 0.29) is 31.5 Å². The van der Waals surface area contributed by atoms with Crippen LogP contribution in [0.15, 0.2) is 89.4 Å². The first-order chi connectivity index (χ1) is 33.4. The van der Waals surface area contributed by atoms with Crippen molar-refractivity contribution in [2.24, 2.45) is 5.41 Å². The van der Waals surface area contributed by atoms with Crippen LogP contribution < -0.4 is 15.5 Å². The number of nitrogens with one attached hydrogen (secondary N) is 2. The van der Waals surface area contributed by atoms with E-state index in [1.54, 1.807) is 23.9 Å². The number of hydrogen-bond donors (Lipinski definition) is 2. The van der Waals surface area contributed by atoms with E-state index in [1.807, 2.05) is 101 Å². The standard InChI is InChI=1S/C53H63ClN8O7S/c1-32-13-14-40(48-34(3)59-69-36(48)5)25-45(32)61(41-19-20-44(43(54)26-41)60-23-21-55-30-60)22-11-10-12-24-67-29-47(64)58-50(53(7,8)9)52(66)62-28-42(68-37(6)63)27-46(62)51(65)57-33(2)38-15-17-39(18-16-38)49-35(4)56-31-70-49/h13-21,23,25-26,30-31,33,42,46,50H,10-12,22,24,27-29H2,1-9H3,(H,57,65)(H,58,64)/t33-,42+,46-,50+/m0/s1. The zero-order chi connectivity index (χ0) is 50.3. The Balaban J connectivity index is 0.954. The summed E-state index contributed by atoms with van der Waals surface area (Å²) in [5, 5.41) is 10.7. The lowest BCUT2D eigenvalue weighted by molar-refractivity contribution is -0.147. The van der Waals surface area contributed by atoms with E-state index in [0.29, 0.717) is 24.6 Å². The van der Waals surface area contributed by atoms with Crippen molar-refractivity contribution in [1.29, 1.82) is 0 Å². The van der Waals surface area contributed by atoms with Crippen LogP contribution in [0.2, 0.25) is 5.02 Å². The number of carbonyl (C=O) groups excluding carboxylic acids is 4. The molecule has 4 heterocycles. The van der Waals surface area contributed by atoms with Gasteiger partial charge in [-0.3, -0.25) is 19.2 Å². The molecule has 2 N–H and O–H groups in total. The van der Waals surface area contributed by atoms with Crippen LogP contribution in [-0.2, 0) is 28.7 Å². The van der Waals surface area contributed by atoms with Gasteiger partial charge in [-0.1, -0.05) is 73.9 Å². The van der Waals surface area contributed by atoms with Crippen molar-refractivity contribution in [1.82, 2.24) is 35.2 Å². The lowest BCUT2D eigenvalue weighted by Crippen LogP contribution is -2.58. The van der Waals surface area contributed by atoms with Crippen molar-refractivity contribution < 1.29 is 33.2 Å². The second kappa shape index (κ2) is 22.6. The predicted octanol–water partition coefficient (Wildman–Crippen LogP) is 9.80. The largest absolute Gasteiger partial charge is 0.461 e. The maximum absolute atomic E-state index is 14.5. The van der Waals surface area contributed by atoms with Crippen LogP contribution >= 0.6 is 22.9 Å². The fourth-order valence-electron chi connectivity index (χ4n) is 8.95. The van der Waals surface area contributed by atoms with Crippen LogP contribution in [0, 0.1) is 33.1 Å². The minimum atomic E-state index is -0.997. The third-order valence-corrected chi connectivity index (χ3v) is 13.9. The number of aryl methyl sites for hydroxylation is 4. The number of halogens is 1. The third-order valence-electron chi connectivity index (χ3n) is 12.6. The van der Waals surface area contributed by atoms with E-state index in [9.17, 15) is 19.2 Å². The fraction of sp³-hybridized carbons (Fsp3) is 0.415. The Morgan fingerprint density at radius 2 is 1.71 bits per heavy atom. The molecule has 0 spiro atoms. The number of carbonyl (C=O) groups is 4. The summed E-state index contributed by atoms with van der Waals surface area (Å²) in [5.74, 6) is -1.03. The lowest BCUT2D eigenvalue weighted by atomic mass is 9.85. The van der Waals surface area contributed by atoms with Gasteiger partial charge < -0.3 is 39.0 Å². The molecule has 0 bridgehead atoms. The highest BCUT2D eigenvalue weighted by atomic mass is 35.5. The van der Waals surface area contributed by atoms with Gasteiger partial charge in [-0.25, -0.2) is 9.97 Å².